The number of nitrogens with zero attached hydrogens (tertiary/aromatic N) is 4. The summed E-state index contributed by atoms with van der Waals surface area (Å²) in [6, 6.07) is 0. The fraction of sp³-hybridized carbons (Fsp3) is 0.667. The van der Waals surface area contributed by atoms with Gasteiger partial charge in [0.05, 0.1) is 39.1 Å². The van der Waals surface area contributed by atoms with Crippen LogP contribution in [0.15, 0.2) is 17.4 Å². The molecule has 7 heteroatoms. The number of morpholine rings is 1. The van der Waals surface area contributed by atoms with Crippen molar-refractivity contribution in [2.45, 2.75) is 13.1 Å². The average molecular weight is 267 g/mol. The van der Waals surface area contributed by atoms with Gasteiger partial charge in [-0.3, -0.25) is 4.68 Å². The van der Waals surface area contributed by atoms with Crippen LogP contribution in [0.5, 0.6) is 0 Å². The minimum Gasteiger partial charge on any atom is -0.383 e. The second-order valence-electron chi connectivity index (χ2n) is 4.38. The lowest BCUT2D eigenvalue weighted by Gasteiger charge is -2.27. The van der Waals surface area contributed by atoms with Crippen molar-refractivity contribution in [3.8, 4) is 0 Å². The molecule has 0 amide bonds. The predicted molar refractivity (Wildman–Crippen MR) is 71.8 cm³/mol. The Hall–Kier alpha value is -1.60. The Kier molecular flexibility index (Phi) is 5.17. The van der Waals surface area contributed by atoms with Crippen LogP contribution in [0.3, 0.4) is 0 Å². The van der Waals surface area contributed by atoms with Gasteiger partial charge >= 0.3 is 0 Å². The summed E-state index contributed by atoms with van der Waals surface area (Å²) in [6.07, 6.45) is 3.78. The van der Waals surface area contributed by atoms with E-state index in [0.29, 0.717) is 32.3 Å². The van der Waals surface area contributed by atoms with E-state index in [1.165, 1.54) is 0 Å². The summed E-state index contributed by atoms with van der Waals surface area (Å²) in [6.45, 7) is 5.00. The zero-order valence-electron chi connectivity index (χ0n) is 11.3. The molecule has 0 spiro atoms. The van der Waals surface area contributed by atoms with Crippen molar-refractivity contribution in [2.24, 2.45) is 10.7 Å². The molecule has 0 aromatic carbocycles. The molecule has 19 heavy (non-hydrogen) atoms. The average Bonchev–Trinajstić information content (AvgIpc) is 2.91. The number of hydrogen-bond donors (Lipinski definition) is 1. The second-order valence-corrected chi connectivity index (χ2v) is 4.38. The highest BCUT2D eigenvalue weighted by Gasteiger charge is 2.11. The monoisotopic (exact) mass is 267 g/mol. The van der Waals surface area contributed by atoms with Crippen molar-refractivity contribution in [3.05, 3.63) is 18.0 Å². The molecule has 0 bridgehead atoms. The second kappa shape index (κ2) is 7.10. The zero-order chi connectivity index (χ0) is 13.5. The van der Waals surface area contributed by atoms with Crippen molar-refractivity contribution in [1.82, 2.24) is 14.7 Å². The van der Waals surface area contributed by atoms with Crippen molar-refractivity contribution >= 4 is 5.96 Å². The van der Waals surface area contributed by atoms with E-state index in [-0.39, 0.29) is 0 Å². The van der Waals surface area contributed by atoms with E-state index in [4.69, 9.17) is 15.2 Å². The van der Waals surface area contributed by atoms with Gasteiger partial charge in [0, 0.05) is 32.0 Å². The Morgan fingerprint density at radius 1 is 1.53 bits per heavy atom. The summed E-state index contributed by atoms with van der Waals surface area (Å²) < 4.78 is 12.1. The van der Waals surface area contributed by atoms with Crippen LogP contribution in [0.25, 0.3) is 0 Å². The Morgan fingerprint density at radius 2 is 2.32 bits per heavy atom. The van der Waals surface area contributed by atoms with Gasteiger partial charge in [-0.25, -0.2) is 4.99 Å². The van der Waals surface area contributed by atoms with Crippen molar-refractivity contribution in [2.75, 3.05) is 40.0 Å². The summed E-state index contributed by atoms with van der Waals surface area (Å²) in [5, 5.41) is 4.24. The minimum absolute atomic E-state index is 0.552. The van der Waals surface area contributed by atoms with Crippen LogP contribution in [-0.2, 0) is 22.6 Å². The quantitative estimate of drug-likeness (QED) is 0.584. The highest BCUT2D eigenvalue weighted by atomic mass is 16.5. The van der Waals surface area contributed by atoms with Gasteiger partial charge in [-0.15, -0.1) is 0 Å². The summed E-state index contributed by atoms with van der Waals surface area (Å²) >= 11 is 0. The van der Waals surface area contributed by atoms with Crippen LogP contribution >= 0.6 is 0 Å². The molecule has 0 radical (unpaired) electrons. The maximum atomic E-state index is 5.96. The molecule has 1 aromatic rings. The van der Waals surface area contributed by atoms with Crippen molar-refractivity contribution < 1.29 is 9.47 Å². The number of hydrogen-bond acceptors (Lipinski definition) is 4. The Morgan fingerprint density at radius 3 is 3.05 bits per heavy atom. The maximum Gasteiger partial charge on any atom is 0.191 e. The molecule has 1 aliphatic heterocycles. The lowest BCUT2D eigenvalue weighted by Crippen LogP contribution is -2.44. The lowest BCUT2D eigenvalue weighted by molar-refractivity contribution is 0.0674. The molecule has 2 N–H and O–H groups in total. The van der Waals surface area contributed by atoms with E-state index >= 15 is 0 Å². The fourth-order valence-corrected chi connectivity index (χ4v) is 1.86. The molecule has 7 nitrogen and oxygen atoms in total. The largest absolute Gasteiger partial charge is 0.383 e. The number of rotatable bonds is 5. The first-order valence-electron chi connectivity index (χ1n) is 6.42. The molecule has 2 rings (SSSR count). The number of nitrogens with two attached hydrogens (primary N) is 1. The Balaban J connectivity index is 1.84. The summed E-state index contributed by atoms with van der Waals surface area (Å²) in [5.41, 5.74) is 7.00. The molecule has 2 heterocycles. The summed E-state index contributed by atoms with van der Waals surface area (Å²) in [7, 11) is 1.68. The smallest absolute Gasteiger partial charge is 0.191 e. The molecule has 1 aliphatic rings. The van der Waals surface area contributed by atoms with E-state index in [9.17, 15) is 0 Å². The molecule has 0 saturated carbocycles. The van der Waals surface area contributed by atoms with E-state index < -0.39 is 0 Å². The summed E-state index contributed by atoms with van der Waals surface area (Å²) in [5.74, 6) is 0.577. The third-order valence-corrected chi connectivity index (χ3v) is 2.97. The van der Waals surface area contributed by atoms with E-state index in [2.05, 4.69) is 10.1 Å². The maximum absolute atomic E-state index is 5.96. The number of aliphatic imine (C=N–C) groups is 1. The van der Waals surface area contributed by atoms with Crippen LogP contribution in [-0.4, -0.2) is 60.7 Å². The number of methoxy groups -OCH3 is 1. The number of guanidine groups is 1. The van der Waals surface area contributed by atoms with E-state index in [1.54, 1.807) is 7.11 Å². The van der Waals surface area contributed by atoms with Crippen LogP contribution in [0, 0.1) is 0 Å². The Bertz CT molecular complexity index is 412. The van der Waals surface area contributed by atoms with Gasteiger partial charge in [0.15, 0.2) is 5.96 Å². The highest BCUT2D eigenvalue weighted by Crippen LogP contribution is 2.02. The lowest BCUT2D eigenvalue weighted by atomic mass is 10.4. The normalized spacial score (nSPS) is 16.9. The van der Waals surface area contributed by atoms with Gasteiger partial charge in [-0.05, 0) is 0 Å². The molecule has 0 atom stereocenters. The topological polar surface area (TPSA) is 77.9 Å². The first-order valence-corrected chi connectivity index (χ1v) is 6.42. The first kappa shape index (κ1) is 13.8. The van der Waals surface area contributed by atoms with Gasteiger partial charge in [0.25, 0.3) is 0 Å². The van der Waals surface area contributed by atoms with Gasteiger partial charge in [-0.2, -0.15) is 5.10 Å². The standard InChI is InChI=1S/C12H21N5O2/c1-18-5-4-17-10-11(9-15-17)8-14-12(13)16-2-6-19-7-3-16/h9-10H,2-8H2,1H3,(H2,13,14). The molecule has 106 valence electrons. The van der Waals surface area contributed by atoms with Crippen LogP contribution in [0.4, 0.5) is 0 Å². The third kappa shape index (κ3) is 4.22. The third-order valence-electron chi connectivity index (χ3n) is 2.97. The molecular weight excluding hydrogens is 246 g/mol. The van der Waals surface area contributed by atoms with Crippen LogP contribution in [0.1, 0.15) is 5.56 Å². The molecular formula is C12H21N5O2. The summed E-state index contributed by atoms with van der Waals surface area (Å²) in [4.78, 5) is 6.43. The van der Waals surface area contributed by atoms with Gasteiger partial charge < -0.3 is 20.1 Å². The SMILES string of the molecule is COCCn1cc(CN=C(N)N2CCOCC2)cn1. The van der Waals surface area contributed by atoms with Gasteiger partial charge in [-0.1, -0.05) is 0 Å². The number of ether oxygens (including phenoxy) is 2. The molecule has 0 aliphatic carbocycles. The molecule has 1 aromatic heterocycles. The fourth-order valence-electron chi connectivity index (χ4n) is 1.86. The number of aromatic nitrogens is 2. The van der Waals surface area contributed by atoms with Crippen molar-refractivity contribution in [3.63, 3.8) is 0 Å². The van der Waals surface area contributed by atoms with Gasteiger partial charge in [0.1, 0.15) is 0 Å². The Labute approximate surface area is 113 Å². The van der Waals surface area contributed by atoms with E-state index in [1.807, 2.05) is 22.0 Å². The highest BCUT2D eigenvalue weighted by molar-refractivity contribution is 5.78. The molecule has 1 fully saturated rings. The van der Waals surface area contributed by atoms with Crippen molar-refractivity contribution in [1.29, 1.82) is 0 Å². The van der Waals surface area contributed by atoms with Crippen LogP contribution in [0.2, 0.25) is 0 Å². The zero-order valence-corrected chi connectivity index (χ0v) is 11.3. The van der Waals surface area contributed by atoms with E-state index in [0.717, 1.165) is 25.2 Å². The first-order chi connectivity index (χ1) is 9.29. The van der Waals surface area contributed by atoms with Gasteiger partial charge in [0.2, 0.25) is 0 Å². The molecule has 1 saturated heterocycles. The predicted octanol–water partition coefficient (Wildman–Crippen LogP) is -0.324. The minimum atomic E-state index is 0.552. The molecule has 0 unspecified atom stereocenters. The van der Waals surface area contributed by atoms with Crippen LogP contribution < -0.4 is 5.73 Å².